The molecule has 1 heterocycles. The average molecular weight is 334 g/mol. The fraction of sp³-hybridized carbons (Fsp3) is 0.353. The summed E-state index contributed by atoms with van der Waals surface area (Å²) in [6, 6.07) is 10.3. The summed E-state index contributed by atoms with van der Waals surface area (Å²) in [6.45, 7) is 8.62. The number of hydrogen-bond donors (Lipinski definition) is 0. The molecule has 2 aromatic rings. The van der Waals surface area contributed by atoms with Gasteiger partial charge in [0, 0.05) is 17.1 Å². The number of hydrogen-bond acceptors (Lipinski definition) is 2. The molecule has 1 aromatic heterocycles. The zero-order chi connectivity index (χ0) is 14.8. The van der Waals surface area contributed by atoms with Gasteiger partial charge in [-0.2, -0.15) is 0 Å². The molecule has 0 saturated heterocycles. The van der Waals surface area contributed by atoms with Crippen molar-refractivity contribution in [3.63, 3.8) is 0 Å². The number of aryl methyl sites for hydroxylation is 1. The summed E-state index contributed by atoms with van der Waals surface area (Å²) < 4.78 is 5.85. The van der Waals surface area contributed by atoms with E-state index in [9.17, 15) is 0 Å². The lowest BCUT2D eigenvalue weighted by molar-refractivity contribution is 0.457. The van der Waals surface area contributed by atoms with Crippen LogP contribution in [0.5, 0.6) is 11.6 Å². The lowest BCUT2D eigenvalue weighted by atomic mass is 9.87. The van der Waals surface area contributed by atoms with Gasteiger partial charge in [-0.25, -0.2) is 4.98 Å². The molecule has 1 aromatic carbocycles. The fourth-order valence-electron chi connectivity index (χ4n) is 1.93. The highest BCUT2D eigenvalue weighted by Gasteiger charge is 2.13. The van der Waals surface area contributed by atoms with Crippen molar-refractivity contribution in [1.29, 1.82) is 0 Å². The minimum atomic E-state index is 0.157. The first-order valence-corrected chi connectivity index (χ1v) is 7.82. The van der Waals surface area contributed by atoms with Gasteiger partial charge in [0.1, 0.15) is 5.75 Å². The van der Waals surface area contributed by atoms with Crippen LogP contribution >= 0.6 is 15.9 Å². The fourth-order valence-corrected chi connectivity index (χ4v) is 2.24. The van der Waals surface area contributed by atoms with Gasteiger partial charge in [-0.1, -0.05) is 48.8 Å². The maximum Gasteiger partial charge on any atom is 0.222 e. The Balaban J connectivity index is 2.18. The van der Waals surface area contributed by atoms with Gasteiger partial charge in [-0.05, 0) is 41.7 Å². The van der Waals surface area contributed by atoms with Crippen LogP contribution in [0.1, 0.15) is 37.5 Å². The van der Waals surface area contributed by atoms with E-state index in [0.29, 0.717) is 5.88 Å². The molecule has 3 heteroatoms. The Bertz CT molecular complexity index is 585. The van der Waals surface area contributed by atoms with E-state index in [0.717, 1.165) is 22.2 Å². The van der Waals surface area contributed by atoms with Gasteiger partial charge in [0.15, 0.2) is 0 Å². The van der Waals surface area contributed by atoms with Gasteiger partial charge in [0.2, 0.25) is 5.88 Å². The molecule has 20 heavy (non-hydrogen) atoms. The Kier molecular flexibility index (Phi) is 4.48. The smallest absolute Gasteiger partial charge is 0.222 e. The first-order valence-electron chi connectivity index (χ1n) is 6.70. The van der Waals surface area contributed by atoms with Crippen molar-refractivity contribution in [2.24, 2.45) is 0 Å². The van der Waals surface area contributed by atoms with Crippen LogP contribution in [0, 0.1) is 6.92 Å². The van der Waals surface area contributed by atoms with E-state index < -0.39 is 0 Å². The van der Waals surface area contributed by atoms with E-state index in [1.807, 2.05) is 25.3 Å². The molecule has 0 unspecified atom stereocenters. The van der Waals surface area contributed by atoms with Crippen LogP contribution in [0.2, 0.25) is 0 Å². The number of ether oxygens (including phenoxy) is 1. The molecule has 0 saturated carbocycles. The molecular formula is C17H20BrNO. The lowest BCUT2D eigenvalue weighted by Gasteiger charge is -2.19. The predicted molar refractivity (Wildman–Crippen MR) is 86.8 cm³/mol. The molecule has 106 valence electrons. The summed E-state index contributed by atoms with van der Waals surface area (Å²) >= 11 is 3.43. The molecule has 2 rings (SSSR count). The third kappa shape index (κ3) is 3.60. The van der Waals surface area contributed by atoms with Gasteiger partial charge in [-0.3, -0.25) is 0 Å². The number of aromatic nitrogens is 1. The molecule has 2 nitrogen and oxygen atoms in total. The average Bonchev–Trinajstić information content (AvgIpc) is 2.40. The molecular weight excluding hydrogens is 314 g/mol. The molecule has 0 aliphatic heterocycles. The molecule has 0 fully saturated rings. The highest BCUT2D eigenvalue weighted by atomic mass is 79.9. The van der Waals surface area contributed by atoms with Crippen LogP contribution in [-0.2, 0) is 10.7 Å². The van der Waals surface area contributed by atoms with Crippen LogP contribution in [0.15, 0.2) is 36.5 Å². The van der Waals surface area contributed by atoms with Crippen molar-refractivity contribution < 1.29 is 4.74 Å². The number of rotatable bonds is 3. The van der Waals surface area contributed by atoms with Crippen molar-refractivity contribution >= 4 is 15.9 Å². The van der Waals surface area contributed by atoms with Gasteiger partial charge >= 0.3 is 0 Å². The van der Waals surface area contributed by atoms with Gasteiger partial charge < -0.3 is 4.74 Å². The molecule has 0 amide bonds. The topological polar surface area (TPSA) is 22.1 Å². The Morgan fingerprint density at radius 1 is 1.15 bits per heavy atom. The summed E-state index contributed by atoms with van der Waals surface area (Å²) in [4.78, 5) is 4.36. The van der Waals surface area contributed by atoms with E-state index >= 15 is 0 Å². The molecule has 0 N–H and O–H groups in total. The third-order valence-corrected chi connectivity index (χ3v) is 3.82. The van der Waals surface area contributed by atoms with E-state index in [1.165, 1.54) is 5.56 Å². The van der Waals surface area contributed by atoms with Crippen LogP contribution in [0.3, 0.4) is 0 Å². The normalized spacial score (nSPS) is 11.4. The van der Waals surface area contributed by atoms with Gasteiger partial charge in [0.25, 0.3) is 0 Å². The molecule has 0 aliphatic rings. The second-order valence-electron chi connectivity index (χ2n) is 5.98. The number of alkyl halides is 1. The zero-order valence-electron chi connectivity index (χ0n) is 12.4. The van der Waals surface area contributed by atoms with Crippen molar-refractivity contribution in [2.75, 3.05) is 0 Å². The van der Waals surface area contributed by atoms with Crippen molar-refractivity contribution in [3.8, 4) is 11.6 Å². The van der Waals surface area contributed by atoms with E-state index in [2.05, 4.69) is 59.9 Å². The second kappa shape index (κ2) is 5.96. The predicted octanol–water partition coefficient (Wildman–Crippen LogP) is 5.37. The summed E-state index contributed by atoms with van der Waals surface area (Å²) in [5.74, 6) is 1.48. The Hall–Kier alpha value is -1.35. The zero-order valence-corrected chi connectivity index (χ0v) is 14.0. The van der Waals surface area contributed by atoms with E-state index in [-0.39, 0.29) is 5.41 Å². The van der Waals surface area contributed by atoms with Crippen LogP contribution < -0.4 is 4.74 Å². The van der Waals surface area contributed by atoms with Crippen LogP contribution in [-0.4, -0.2) is 4.98 Å². The maximum atomic E-state index is 5.85. The number of nitrogens with zero attached hydrogens (tertiary/aromatic N) is 1. The van der Waals surface area contributed by atoms with E-state index in [1.54, 1.807) is 0 Å². The minimum absolute atomic E-state index is 0.157. The quantitative estimate of drug-likeness (QED) is 0.704. The number of pyridine rings is 1. The molecule has 0 radical (unpaired) electrons. The Morgan fingerprint density at radius 2 is 1.80 bits per heavy atom. The summed E-state index contributed by atoms with van der Waals surface area (Å²) in [6.07, 6.45) is 1.83. The third-order valence-electron chi connectivity index (χ3n) is 3.18. The second-order valence-corrected chi connectivity index (χ2v) is 6.54. The highest BCUT2D eigenvalue weighted by Crippen LogP contribution is 2.27. The van der Waals surface area contributed by atoms with Gasteiger partial charge in [-0.15, -0.1) is 0 Å². The van der Waals surface area contributed by atoms with Crippen molar-refractivity contribution in [1.82, 2.24) is 4.98 Å². The summed E-state index contributed by atoms with van der Waals surface area (Å²) in [7, 11) is 0. The summed E-state index contributed by atoms with van der Waals surface area (Å²) in [5.41, 5.74) is 3.65. The molecule has 0 bridgehead atoms. The minimum Gasteiger partial charge on any atom is -0.439 e. The lowest BCUT2D eigenvalue weighted by Crippen LogP contribution is -2.10. The Labute approximate surface area is 129 Å². The first-order chi connectivity index (χ1) is 9.40. The van der Waals surface area contributed by atoms with Crippen molar-refractivity contribution in [3.05, 3.63) is 53.2 Å². The highest BCUT2D eigenvalue weighted by molar-refractivity contribution is 9.08. The van der Waals surface area contributed by atoms with Crippen LogP contribution in [0.4, 0.5) is 0 Å². The van der Waals surface area contributed by atoms with Crippen LogP contribution in [0.25, 0.3) is 0 Å². The molecule has 0 atom stereocenters. The van der Waals surface area contributed by atoms with Crippen molar-refractivity contribution in [2.45, 2.75) is 38.4 Å². The van der Waals surface area contributed by atoms with E-state index in [4.69, 9.17) is 4.74 Å². The number of halogens is 1. The van der Waals surface area contributed by atoms with Gasteiger partial charge in [0.05, 0.1) is 0 Å². The molecule has 0 aliphatic carbocycles. The molecule has 0 spiro atoms. The summed E-state index contributed by atoms with van der Waals surface area (Å²) in [5, 5.41) is 0.807. The first kappa shape index (κ1) is 15.0. The standard InChI is InChI=1S/C17H20BrNO/c1-12-9-13(10-18)11-19-16(12)20-15-7-5-14(6-8-15)17(2,3)4/h5-9,11H,10H2,1-4H3. The monoisotopic (exact) mass is 333 g/mol. The Morgan fingerprint density at radius 3 is 2.30 bits per heavy atom. The number of benzene rings is 1. The maximum absolute atomic E-state index is 5.85. The SMILES string of the molecule is Cc1cc(CBr)cnc1Oc1ccc(C(C)(C)C)cc1. The largest absolute Gasteiger partial charge is 0.439 e.